The number of quaternary nitrogens is 1. The second-order valence-electron chi connectivity index (χ2n) is 7.36. The van der Waals surface area contributed by atoms with Gasteiger partial charge in [-0.2, -0.15) is 13.2 Å². The van der Waals surface area contributed by atoms with Crippen molar-refractivity contribution in [1.82, 2.24) is 5.32 Å². The predicted octanol–water partition coefficient (Wildman–Crippen LogP) is 5.25. The van der Waals surface area contributed by atoms with Crippen LogP contribution in [-0.2, 0) is 17.3 Å². The lowest BCUT2D eigenvalue weighted by molar-refractivity contribution is -0.957. The minimum Gasteiger partial charge on any atom is -0.326 e. The number of benzene rings is 1. The van der Waals surface area contributed by atoms with Crippen molar-refractivity contribution in [2.45, 2.75) is 65.1 Å². The smallest absolute Gasteiger partial charge is 0.326 e. The summed E-state index contributed by atoms with van der Waals surface area (Å²) in [5, 5.41) is 3.50. The summed E-state index contributed by atoms with van der Waals surface area (Å²) < 4.78 is 45.3. The lowest BCUT2D eigenvalue weighted by atomic mass is 9.81. The van der Waals surface area contributed by atoms with E-state index >= 15 is 0 Å². The quantitative estimate of drug-likeness (QED) is 0.694. The molecule has 0 aliphatic carbocycles. The molecule has 162 valence electrons. The van der Waals surface area contributed by atoms with Crippen molar-refractivity contribution in [2.75, 3.05) is 40.0 Å². The van der Waals surface area contributed by atoms with Gasteiger partial charge in [-0.3, -0.25) is 4.48 Å². The molecule has 0 spiro atoms. The molecule has 28 heavy (non-hydrogen) atoms. The van der Waals surface area contributed by atoms with Gasteiger partial charge in [0, 0.05) is 12.8 Å². The van der Waals surface area contributed by atoms with E-state index < -0.39 is 11.7 Å². The van der Waals surface area contributed by atoms with Gasteiger partial charge in [-0.05, 0) is 31.0 Å². The summed E-state index contributed by atoms with van der Waals surface area (Å²) in [5.41, 5.74) is 0.255. The summed E-state index contributed by atoms with van der Waals surface area (Å²) in [4.78, 5) is 0. The molecule has 2 fully saturated rings. The molecule has 1 aromatic carbocycles. The van der Waals surface area contributed by atoms with Crippen LogP contribution in [0.4, 0.5) is 13.2 Å². The zero-order valence-electron chi connectivity index (χ0n) is 18.2. The van der Waals surface area contributed by atoms with E-state index in [-0.39, 0.29) is 5.54 Å². The maximum Gasteiger partial charge on any atom is 0.416 e. The summed E-state index contributed by atoms with van der Waals surface area (Å²) in [6.07, 6.45) is -0.530. The molecule has 3 nitrogen and oxygen atoms in total. The Morgan fingerprint density at radius 1 is 1.18 bits per heavy atom. The van der Waals surface area contributed by atoms with Gasteiger partial charge in [-0.25, -0.2) is 0 Å². The number of nitrogens with zero attached hydrogens (tertiary/aromatic N) is 1. The topological polar surface area (TPSA) is 21.3 Å². The van der Waals surface area contributed by atoms with E-state index in [1.165, 1.54) is 12.1 Å². The third-order valence-electron chi connectivity index (χ3n) is 5.83. The number of rotatable bonds is 4. The summed E-state index contributed by atoms with van der Waals surface area (Å²) in [6, 6.07) is 5.76. The molecule has 2 saturated heterocycles. The largest absolute Gasteiger partial charge is 0.416 e. The number of aryl methyl sites for hydroxylation is 1. The highest BCUT2D eigenvalue weighted by molar-refractivity contribution is 5.26. The number of halogens is 3. The molecule has 2 aliphatic heterocycles. The van der Waals surface area contributed by atoms with Crippen molar-refractivity contribution in [3.63, 3.8) is 0 Å². The number of piperidine rings is 1. The highest BCUT2D eigenvalue weighted by atomic mass is 19.4. The van der Waals surface area contributed by atoms with E-state index in [1.807, 2.05) is 27.7 Å². The number of nitrogens with one attached hydrogen (secondary N) is 1. The van der Waals surface area contributed by atoms with Crippen LogP contribution in [0, 0.1) is 0 Å². The first-order valence-electron chi connectivity index (χ1n) is 10.6. The van der Waals surface area contributed by atoms with Crippen molar-refractivity contribution < 1.29 is 22.4 Å². The molecule has 2 atom stereocenters. The normalized spacial score (nSPS) is 27.3. The molecule has 6 heteroatoms. The van der Waals surface area contributed by atoms with Crippen LogP contribution in [0.15, 0.2) is 24.3 Å². The Hall–Kier alpha value is -1.11. The van der Waals surface area contributed by atoms with E-state index in [9.17, 15) is 13.2 Å². The fraction of sp³-hybridized carbons (Fsp3) is 0.727. The minimum atomic E-state index is -4.28. The van der Waals surface area contributed by atoms with Crippen LogP contribution in [-0.4, -0.2) is 50.0 Å². The van der Waals surface area contributed by atoms with E-state index in [0.717, 1.165) is 61.6 Å². The first kappa shape index (κ1) is 24.9. The zero-order valence-corrected chi connectivity index (χ0v) is 18.2. The molecule has 2 heterocycles. The molecule has 3 rings (SSSR count). The maximum atomic E-state index is 12.9. The van der Waals surface area contributed by atoms with Gasteiger partial charge in [0.05, 0.1) is 19.2 Å². The van der Waals surface area contributed by atoms with Gasteiger partial charge in [0.15, 0.2) is 6.73 Å². The SMILES string of the molecule is CC.CC.C[N+]1(C2(CCc3cccc(C(F)(F)F)c3)CCCNC2)CCOC1. The summed E-state index contributed by atoms with van der Waals surface area (Å²) in [7, 11) is 2.23. The Kier molecular flexibility index (Phi) is 9.95. The average Bonchev–Trinajstić information content (AvgIpc) is 3.18. The number of hydrogen-bond acceptors (Lipinski definition) is 2. The van der Waals surface area contributed by atoms with Crippen LogP contribution in [0.25, 0.3) is 0 Å². The van der Waals surface area contributed by atoms with E-state index in [1.54, 1.807) is 6.07 Å². The van der Waals surface area contributed by atoms with Crippen LogP contribution in [0.5, 0.6) is 0 Å². The van der Waals surface area contributed by atoms with Gasteiger partial charge in [-0.15, -0.1) is 0 Å². The number of alkyl halides is 3. The molecule has 0 radical (unpaired) electrons. The lowest BCUT2D eigenvalue weighted by Crippen LogP contribution is -2.66. The number of ether oxygens (including phenoxy) is 1. The van der Waals surface area contributed by atoms with Gasteiger partial charge in [0.1, 0.15) is 18.7 Å². The van der Waals surface area contributed by atoms with Gasteiger partial charge < -0.3 is 10.1 Å². The Balaban J connectivity index is 0.000000921. The van der Waals surface area contributed by atoms with Gasteiger partial charge in [0.25, 0.3) is 0 Å². The first-order valence-corrected chi connectivity index (χ1v) is 10.6. The van der Waals surface area contributed by atoms with E-state index in [4.69, 9.17) is 4.74 Å². The average molecular weight is 404 g/mol. The van der Waals surface area contributed by atoms with Crippen LogP contribution >= 0.6 is 0 Å². The first-order chi connectivity index (χ1) is 13.3. The van der Waals surface area contributed by atoms with Crippen molar-refractivity contribution in [3.05, 3.63) is 35.4 Å². The molecule has 1 N–H and O–H groups in total. The molecule has 0 amide bonds. The van der Waals surface area contributed by atoms with Crippen LogP contribution in [0.3, 0.4) is 0 Å². The summed E-state index contributed by atoms with van der Waals surface area (Å²) in [5.74, 6) is 0. The zero-order chi connectivity index (χ0) is 21.3. The molecule has 0 saturated carbocycles. The molecule has 2 aliphatic rings. The maximum absolute atomic E-state index is 12.9. The van der Waals surface area contributed by atoms with E-state index in [2.05, 4.69) is 12.4 Å². The predicted molar refractivity (Wildman–Crippen MR) is 109 cm³/mol. The number of hydrogen-bond donors (Lipinski definition) is 1. The van der Waals surface area contributed by atoms with Crippen LogP contribution in [0.2, 0.25) is 0 Å². The molecule has 0 aromatic heterocycles. The molecule has 2 unspecified atom stereocenters. The highest BCUT2D eigenvalue weighted by Crippen LogP contribution is 2.37. The van der Waals surface area contributed by atoms with Crippen LogP contribution in [0.1, 0.15) is 58.1 Å². The molecular formula is C22H38F3N2O+. The standard InChI is InChI=1S/C18H26F3N2O.2C2H6/c1-23(10-11-24-14-23)17(7-3-9-22-13-17)8-6-15-4-2-5-16(12-15)18(19,20)21;2*1-2/h2,4-5,12,22H,3,6-11,13-14H2,1H3;2*1-2H3/q+1;;. The van der Waals surface area contributed by atoms with Gasteiger partial charge in [-0.1, -0.05) is 45.9 Å². The third kappa shape index (κ3) is 5.94. The summed E-state index contributed by atoms with van der Waals surface area (Å²) >= 11 is 0. The van der Waals surface area contributed by atoms with Gasteiger partial charge >= 0.3 is 6.18 Å². The van der Waals surface area contributed by atoms with Crippen LogP contribution < -0.4 is 5.32 Å². The van der Waals surface area contributed by atoms with Crippen molar-refractivity contribution in [3.8, 4) is 0 Å². The van der Waals surface area contributed by atoms with Crippen molar-refractivity contribution in [2.24, 2.45) is 0 Å². The summed E-state index contributed by atoms with van der Waals surface area (Å²) in [6.45, 7) is 12.4. The molecule has 0 bridgehead atoms. The fourth-order valence-corrected chi connectivity index (χ4v) is 4.15. The van der Waals surface area contributed by atoms with Gasteiger partial charge in [0.2, 0.25) is 0 Å². The molecule has 1 aromatic rings. The van der Waals surface area contributed by atoms with E-state index in [0.29, 0.717) is 13.2 Å². The number of likely N-dealkylation sites (N-methyl/N-ethyl adjacent to an activating group) is 1. The second kappa shape index (κ2) is 11.2. The Labute approximate surface area is 168 Å². The Morgan fingerprint density at radius 3 is 2.43 bits per heavy atom. The third-order valence-corrected chi connectivity index (χ3v) is 5.83. The van der Waals surface area contributed by atoms with Crippen molar-refractivity contribution >= 4 is 0 Å². The highest BCUT2D eigenvalue weighted by Gasteiger charge is 2.50. The second-order valence-corrected chi connectivity index (χ2v) is 7.36. The Bertz CT molecular complexity index is 563. The Morgan fingerprint density at radius 2 is 1.89 bits per heavy atom. The lowest BCUT2D eigenvalue weighted by Gasteiger charge is -2.50. The van der Waals surface area contributed by atoms with Crippen molar-refractivity contribution in [1.29, 1.82) is 0 Å². The monoisotopic (exact) mass is 403 g/mol. The molecular weight excluding hydrogens is 365 g/mol. The fourth-order valence-electron chi connectivity index (χ4n) is 4.15. The minimum absolute atomic E-state index is 0.0446.